The van der Waals surface area contributed by atoms with Crippen molar-refractivity contribution in [2.75, 3.05) is 0 Å². The lowest BCUT2D eigenvalue weighted by molar-refractivity contribution is -0.210. The van der Waals surface area contributed by atoms with Crippen LogP contribution in [0.25, 0.3) is 0 Å². The molecule has 0 aromatic carbocycles. The van der Waals surface area contributed by atoms with Crippen LogP contribution in [-0.4, -0.2) is 46.1 Å². The fourth-order valence-electron chi connectivity index (χ4n) is 9.62. The number of aliphatic hydroxyl groups is 2. The van der Waals surface area contributed by atoms with Gasteiger partial charge in [0.2, 0.25) is 0 Å². The van der Waals surface area contributed by atoms with Crippen LogP contribution in [0.1, 0.15) is 127 Å². The molecular weight excluding hydrogens is 504 g/mol. The monoisotopic (exact) mass is 562 g/mol. The highest BCUT2D eigenvalue weighted by molar-refractivity contribution is 5.76. The molecule has 6 nitrogen and oxygen atoms in total. The fourth-order valence-corrected chi connectivity index (χ4v) is 9.62. The smallest absolute Gasteiger partial charge is 0.311 e. The third kappa shape index (κ3) is 5.74. The molecule has 4 rings (SSSR count). The minimum atomic E-state index is -0.475. The van der Waals surface area contributed by atoms with E-state index in [0.717, 1.165) is 57.8 Å². The van der Waals surface area contributed by atoms with E-state index >= 15 is 0 Å². The number of esters is 2. The number of rotatable bonds is 7. The summed E-state index contributed by atoms with van der Waals surface area (Å²) in [5.41, 5.74) is -1.16. The molecule has 2 N–H and O–H groups in total. The van der Waals surface area contributed by atoms with Crippen molar-refractivity contribution < 1.29 is 29.3 Å². The maximum Gasteiger partial charge on any atom is 0.311 e. The summed E-state index contributed by atoms with van der Waals surface area (Å²) in [5.74, 6) is 1.40. The number of hydrogen-bond donors (Lipinski definition) is 2. The van der Waals surface area contributed by atoms with Crippen molar-refractivity contribution in [3.05, 3.63) is 0 Å². The zero-order chi connectivity index (χ0) is 29.8. The Kier molecular flexibility index (Phi) is 8.88. The summed E-state index contributed by atoms with van der Waals surface area (Å²) in [5, 5.41) is 23.6. The van der Waals surface area contributed by atoms with Crippen molar-refractivity contribution in [3.8, 4) is 0 Å². The molecule has 0 amide bonds. The van der Waals surface area contributed by atoms with Gasteiger partial charge in [-0.3, -0.25) is 9.59 Å². The molecule has 0 saturated heterocycles. The van der Waals surface area contributed by atoms with Crippen molar-refractivity contribution in [3.63, 3.8) is 0 Å². The highest BCUT2D eigenvalue weighted by atomic mass is 16.6. The molecule has 4 fully saturated rings. The van der Waals surface area contributed by atoms with Crippen molar-refractivity contribution >= 4 is 11.9 Å². The highest BCUT2D eigenvalue weighted by Gasteiger charge is 2.65. The number of fused-ring (bicyclic) bond motifs is 5. The molecule has 0 bridgehead atoms. The number of carbonyl (C=O) groups excluding carboxylic acids is 2. The first-order chi connectivity index (χ1) is 18.4. The van der Waals surface area contributed by atoms with E-state index in [2.05, 4.69) is 20.8 Å². The van der Waals surface area contributed by atoms with Crippen LogP contribution in [0.5, 0.6) is 0 Å². The number of aliphatic hydroxyl groups excluding tert-OH is 2. The lowest BCUT2D eigenvalue weighted by Crippen LogP contribution is -2.62. The van der Waals surface area contributed by atoms with Crippen molar-refractivity contribution in [1.29, 1.82) is 0 Å². The van der Waals surface area contributed by atoms with E-state index in [4.69, 9.17) is 9.47 Å². The van der Waals surface area contributed by atoms with Crippen LogP contribution < -0.4 is 0 Å². The Morgan fingerprint density at radius 3 is 2.27 bits per heavy atom. The molecule has 0 aliphatic heterocycles. The Morgan fingerprint density at radius 2 is 1.65 bits per heavy atom. The van der Waals surface area contributed by atoms with E-state index in [1.807, 2.05) is 41.5 Å². The van der Waals surface area contributed by atoms with E-state index in [1.54, 1.807) is 0 Å². The van der Waals surface area contributed by atoms with E-state index < -0.39 is 23.2 Å². The zero-order valence-electron chi connectivity index (χ0n) is 26.8. The molecule has 6 heteroatoms. The minimum Gasteiger partial charge on any atom is -0.462 e. The van der Waals surface area contributed by atoms with Gasteiger partial charge >= 0.3 is 11.9 Å². The van der Waals surface area contributed by atoms with Gasteiger partial charge in [-0.15, -0.1) is 0 Å². The van der Waals surface area contributed by atoms with Crippen LogP contribution in [0.15, 0.2) is 0 Å². The lowest BCUT2D eigenvalue weighted by atomic mass is 9.43. The van der Waals surface area contributed by atoms with Crippen LogP contribution in [0.2, 0.25) is 0 Å². The molecule has 230 valence electrons. The molecule has 40 heavy (non-hydrogen) atoms. The van der Waals surface area contributed by atoms with Gasteiger partial charge in [-0.05, 0) is 139 Å². The summed E-state index contributed by atoms with van der Waals surface area (Å²) in [6.07, 6.45) is 7.22. The molecule has 4 saturated carbocycles. The van der Waals surface area contributed by atoms with Gasteiger partial charge in [0, 0.05) is 6.42 Å². The number of ether oxygens (including phenoxy) is 2. The van der Waals surface area contributed by atoms with E-state index in [1.165, 1.54) is 0 Å². The Balaban J connectivity index is 1.46. The van der Waals surface area contributed by atoms with Crippen molar-refractivity contribution in [1.82, 2.24) is 0 Å². The SMILES string of the molecule is CCC(C)(C)C(=O)OC1CC[C@@]2(C)C(C1)CC(O)C1C2CC(O)[C@]2(C)C(C(C)CCC(=O)OC(C)(C)C)CCC12. The van der Waals surface area contributed by atoms with Gasteiger partial charge in [0.15, 0.2) is 0 Å². The summed E-state index contributed by atoms with van der Waals surface area (Å²) < 4.78 is 11.6. The molecule has 0 aromatic rings. The molecule has 11 atom stereocenters. The lowest BCUT2D eigenvalue weighted by Gasteiger charge is -2.63. The van der Waals surface area contributed by atoms with Gasteiger partial charge in [-0.2, -0.15) is 0 Å². The Bertz CT molecular complexity index is 937. The molecule has 9 unspecified atom stereocenters. The standard InChI is InChI=1S/C34H58O6/c1-10-32(6,7)30(38)39-22-15-16-33(8)21(17-22)18-26(35)29-24-13-12-23(34(24,9)27(36)19-25(29)33)20(2)11-14-28(37)40-31(3,4)5/h20-27,29,35-36H,10-19H2,1-9H3/t20?,21?,22?,23?,24?,25?,26?,27?,29?,33-,34+/m0/s1. The van der Waals surface area contributed by atoms with Gasteiger partial charge in [0.05, 0.1) is 17.6 Å². The summed E-state index contributed by atoms with van der Waals surface area (Å²) in [4.78, 5) is 25.2. The van der Waals surface area contributed by atoms with Crippen molar-refractivity contribution in [2.24, 2.45) is 51.8 Å². The fraction of sp³-hybridized carbons (Fsp3) is 0.941. The average Bonchev–Trinajstić information content (AvgIpc) is 3.21. The Hall–Kier alpha value is -1.14. The second-order valence-corrected chi connectivity index (χ2v) is 16.2. The van der Waals surface area contributed by atoms with E-state index in [0.29, 0.717) is 24.2 Å². The predicted octanol–water partition coefficient (Wildman–Crippen LogP) is 6.69. The first kappa shape index (κ1) is 31.8. The molecule has 4 aliphatic rings. The second kappa shape index (κ2) is 11.2. The van der Waals surface area contributed by atoms with E-state index in [9.17, 15) is 19.8 Å². The van der Waals surface area contributed by atoms with Crippen molar-refractivity contribution in [2.45, 2.75) is 150 Å². The topological polar surface area (TPSA) is 93.1 Å². The average molecular weight is 563 g/mol. The van der Waals surface area contributed by atoms with E-state index in [-0.39, 0.29) is 46.6 Å². The maximum atomic E-state index is 12.8. The summed E-state index contributed by atoms with van der Waals surface area (Å²) >= 11 is 0. The number of carbonyl (C=O) groups is 2. The number of hydrogen-bond acceptors (Lipinski definition) is 6. The molecule has 0 heterocycles. The molecule has 0 aromatic heterocycles. The van der Waals surface area contributed by atoms with Gasteiger partial charge in [-0.25, -0.2) is 0 Å². The van der Waals surface area contributed by atoms with Crippen LogP contribution >= 0.6 is 0 Å². The molecule has 4 aliphatic carbocycles. The minimum absolute atomic E-state index is 0.0375. The molecule has 0 spiro atoms. The summed E-state index contributed by atoms with van der Waals surface area (Å²) in [6.45, 7) is 18.5. The Morgan fingerprint density at radius 1 is 0.975 bits per heavy atom. The van der Waals surface area contributed by atoms with Crippen LogP contribution in [0.4, 0.5) is 0 Å². The molecule has 0 radical (unpaired) electrons. The first-order valence-corrected chi connectivity index (χ1v) is 16.2. The summed E-state index contributed by atoms with van der Waals surface area (Å²) in [7, 11) is 0. The quantitative estimate of drug-likeness (QED) is 0.336. The van der Waals surface area contributed by atoms with Crippen LogP contribution in [-0.2, 0) is 19.1 Å². The third-order valence-electron chi connectivity index (χ3n) is 12.4. The van der Waals surface area contributed by atoms with Gasteiger partial charge in [0.1, 0.15) is 11.7 Å². The third-order valence-corrected chi connectivity index (χ3v) is 12.4. The molecular formula is C34H58O6. The maximum absolute atomic E-state index is 12.8. The Labute approximate surface area is 243 Å². The van der Waals surface area contributed by atoms with Gasteiger partial charge < -0.3 is 19.7 Å². The largest absolute Gasteiger partial charge is 0.462 e. The predicted molar refractivity (Wildman–Crippen MR) is 156 cm³/mol. The van der Waals surface area contributed by atoms with Crippen LogP contribution in [0.3, 0.4) is 0 Å². The zero-order valence-corrected chi connectivity index (χ0v) is 26.8. The van der Waals surface area contributed by atoms with Gasteiger partial charge in [-0.1, -0.05) is 27.7 Å². The second-order valence-electron chi connectivity index (χ2n) is 16.2. The highest BCUT2D eigenvalue weighted by Crippen LogP contribution is 2.68. The normalized spacial score (nSPS) is 42.3. The first-order valence-electron chi connectivity index (χ1n) is 16.2. The van der Waals surface area contributed by atoms with Crippen LogP contribution in [0, 0.1) is 51.8 Å². The summed E-state index contributed by atoms with van der Waals surface area (Å²) in [6, 6.07) is 0. The van der Waals surface area contributed by atoms with Gasteiger partial charge in [0.25, 0.3) is 0 Å².